The number of anilines is 3. The Bertz CT molecular complexity index is 1400. The van der Waals surface area contributed by atoms with E-state index in [4.69, 9.17) is 32.3 Å². The number of fused-ring (bicyclic) bond motifs is 1. The van der Waals surface area contributed by atoms with E-state index < -0.39 is 5.91 Å². The number of halogens is 1. The molecule has 4 heterocycles. The molecular weight excluding hydrogens is 504 g/mol. The van der Waals surface area contributed by atoms with Gasteiger partial charge in [0.25, 0.3) is 5.91 Å². The number of morpholine rings is 1. The van der Waals surface area contributed by atoms with Crippen LogP contribution >= 0.6 is 22.9 Å². The molecule has 0 aliphatic carbocycles. The molecule has 11 nitrogen and oxygen atoms in total. The third-order valence-corrected chi connectivity index (χ3v) is 7.14. The number of hydrogen-bond donors (Lipinski definition) is 3. The number of carbonyl (C=O) groups is 1. The first-order valence-electron chi connectivity index (χ1n) is 11.1. The maximum absolute atomic E-state index is 11.5. The smallest absolute Gasteiger partial charge is 0.277 e. The summed E-state index contributed by atoms with van der Waals surface area (Å²) in [5.74, 6) is 0.432. The van der Waals surface area contributed by atoms with E-state index in [1.165, 1.54) is 12.4 Å². The van der Waals surface area contributed by atoms with E-state index in [2.05, 4.69) is 19.9 Å². The molecule has 4 N–H and O–H groups in total. The van der Waals surface area contributed by atoms with Gasteiger partial charge in [-0.15, -0.1) is 11.3 Å². The molecule has 1 fully saturated rings. The van der Waals surface area contributed by atoms with Gasteiger partial charge in [0.1, 0.15) is 6.10 Å². The lowest BCUT2D eigenvalue weighted by Gasteiger charge is -2.33. The highest BCUT2D eigenvalue weighted by Gasteiger charge is 2.26. The minimum absolute atomic E-state index is 0.170. The zero-order valence-corrected chi connectivity index (χ0v) is 20.8. The zero-order valence-electron chi connectivity index (χ0n) is 19.3. The SMILES string of the molecule is CN(Cc1cc2nc(N3CCOC(c4ccc(N)cc4Cl)C3)ncc2s1)c1ncc(C(=O)NO)cn1. The molecule has 3 aromatic heterocycles. The maximum atomic E-state index is 11.5. The van der Waals surface area contributed by atoms with Crippen LogP contribution in [0.2, 0.25) is 5.02 Å². The number of amides is 1. The molecule has 0 bridgehead atoms. The van der Waals surface area contributed by atoms with Crippen molar-refractivity contribution in [1.29, 1.82) is 0 Å². The Morgan fingerprint density at radius 3 is 2.86 bits per heavy atom. The number of nitrogens with one attached hydrogen (secondary N) is 1. The number of nitrogen functional groups attached to an aromatic ring is 1. The van der Waals surface area contributed by atoms with Crippen molar-refractivity contribution in [3.63, 3.8) is 0 Å². The van der Waals surface area contributed by atoms with E-state index in [0.717, 1.165) is 20.7 Å². The molecule has 13 heteroatoms. The number of thiophene rings is 1. The van der Waals surface area contributed by atoms with Gasteiger partial charge in [-0.1, -0.05) is 17.7 Å². The molecule has 1 saturated heterocycles. The molecular formula is C23H23ClN8O3S. The summed E-state index contributed by atoms with van der Waals surface area (Å²) in [7, 11) is 1.86. The quantitative estimate of drug-likeness (QED) is 0.195. The maximum Gasteiger partial charge on any atom is 0.277 e. The Balaban J connectivity index is 1.30. The first-order chi connectivity index (χ1) is 17.4. The normalized spacial score (nSPS) is 15.8. The van der Waals surface area contributed by atoms with Crippen molar-refractivity contribution < 1.29 is 14.7 Å². The Morgan fingerprint density at radius 1 is 1.31 bits per heavy atom. The van der Waals surface area contributed by atoms with Crippen LogP contribution in [-0.2, 0) is 11.3 Å². The number of benzene rings is 1. The number of aromatic nitrogens is 4. The number of carbonyl (C=O) groups excluding carboxylic acids is 1. The lowest BCUT2D eigenvalue weighted by atomic mass is 10.1. The number of nitrogens with two attached hydrogens (primary N) is 1. The summed E-state index contributed by atoms with van der Waals surface area (Å²) in [5.41, 5.74) is 9.93. The fraction of sp³-hybridized carbons (Fsp3) is 0.261. The van der Waals surface area contributed by atoms with Crippen molar-refractivity contribution in [1.82, 2.24) is 25.4 Å². The van der Waals surface area contributed by atoms with Crippen molar-refractivity contribution in [2.75, 3.05) is 42.3 Å². The highest BCUT2D eigenvalue weighted by Crippen LogP contribution is 2.32. The number of nitrogens with zero attached hydrogens (tertiary/aromatic N) is 6. The third kappa shape index (κ3) is 5.02. The van der Waals surface area contributed by atoms with Crippen molar-refractivity contribution in [2.24, 2.45) is 0 Å². The van der Waals surface area contributed by atoms with Crippen LogP contribution in [0.3, 0.4) is 0 Å². The number of hydrogen-bond acceptors (Lipinski definition) is 11. The molecule has 1 amide bonds. The summed E-state index contributed by atoms with van der Waals surface area (Å²) in [6.07, 6.45) is 4.36. The summed E-state index contributed by atoms with van der Waals surface area (Å²) in [6, 6.07) is 7.48. The standard InChI is InChI=1S/C23H23ClN8O3S/c1-31(22-26-8-13(9-27-22)21(33)30-34)11-15-7-18-20(36-15)10-28-23(29-18)32-4-5-35-19(12-32)16-3-2-14(25)6-17(16)24/h2-3,6-10,19,34H,4-5,11-12,25H2,1H3,(H,30,33). The van der Waals surface area contributed by atoms with E-state index >= 15 is 0 Å². The highest BCUT2D eigenvalue weighted by atomic mass is 35.5. The molecule has 0 radical (unpaired) electrons. The predicted molar refractivity (Wildman–Crippen MR) is 138 cm³/mol. The minimum atomic E-state index is -0.661. The van der Waals surface area contributed by atoms with Crippen LogP contribution in [0.15, 0.2) is 42.9 Å². The zero-order chi connectivity index (χ0) is 25.2. The fourth-order valence-corrected chi connectivity index (χ4v) is 5.27. The van der Waals surface area contributed by atoms with Crippen molar-refractivity contribution in [3.05, 3.63) is 63.9 Å². The van der Waals surface area contributed by atoms with Gasteiger partial charge in [-0.2, -0.15) is 0 Å². The fourth-order valence-electron chi connectivity index (χ4n) is 3.94. The van der Waals surface area contributed by atoms with Gasteiger partial charge in [0.05, 0.1) is 41.7 Å². The first kappa shape index (κ1) is 24.1. The summed E-state index contributed by atoms with van der Waals surface area (Å²) in [5, 5.41) is 9.31. The first-order valence-corrected chi connectivity index (χ1v) is 12.3. The topological polar surface area (TPSA) is 143 Å². The lowest BCUT2D eigenvalue weighted by molar-refractivity contribution is 0.0393. The van der Waals surface area contributed by atoms with Crippen LogP contribution in [0.5, 0.6) is 0 Å². The summed E-state index contributed by atoms with van der Waals surface area (Å²) in [4.78, 5) is 34.3. The molecule has 36 heavy (non-hydrogen) atoms. The number of ether oxygens (including phenoxy) is 1. The Hall–Kier alpha value is -3.58. The Kier molecular flexibility index (Phi) is 6.83. The summed E-state index contributed by atoms with van der Waals surface area (Å²) < 4.78 is 6.94. The van der Waals surface area contributed by atoms with Crippen LogP contribution in [-0.4, -0.2) is 57.8 Å². The molecule has 1 atom stereocenters. The lowest BCUT2D eigenvalue weighted by Crippen LogP contribution is -2.39. The largest absolute Gasteiger partial charge is 0.399 e. The molecule has 5 rings (SSSR count). The second-order valence-corrected chi connectivity index (χ2v) is 9.86. The summed E-state index contributed by atoms with van der Waals surface area (Å²) >= 11 is 8.00. The number of hydroxylamine groups is 1. The van der Waals surface area contributed by atoms with Gasteiger partial charge in [-0.25, -0.2) is 25.4 Å². The number of rotatable bonds is 6. The second-order valence-electron chi connectivity index (χ2n) is 8.29. The van der Waals surface area contributed by atoms with Crippen molar-refractivity contribution in [2.45, 2.75) is 12.6 Å². The van der Waals surface area contributed by atoms with Crippen LogP contribution in [0, 0.1) is 0 Å². The molecule has 0 saturated carbocycles. The second kappa shape index (κ2) is 10.2. The van der Waals surface area contributed by atoms with Gasteiger partial charge in [-0.05, 0) is 18.2 Å². The van der Waals surface area contributed by atoms with E-state index in [-0.39, 0.29) is 11.7 Å². The van der Waals surface area contributed by atoms with Crippen LogP contribution in [0.25, 0.3) is 10.2 Å². The van der Waals surface area contributed by atoms with Crippen LogP contribution in [0.1, 0.15) is 26.9 Å². The molecule has 186 valence electrons. The summed E-state index contributed by atoms with van der Waals surface area (Å²) in [6.45, 7) is 2.34. The highest BCUT2D eigenvalue weighted by molar-refractivity contribution is 7.19. The average Bonchev–Trinajstić information content (AvgIpc) is 3.30. The van der Waals surface area contributed by atoms with E-state index in [9.17, 15) is 4.79 Å². The minimum Gasteiger partial charge on any atom is -0.399 e. The average molecular weight is 527 g/mol. The molecule has 1 aliphatic rings. The molecule has 4 aromatic rings. The Labute approximate surface area is 215 Å². The van der Waals surface area contributed by atoms with Gasteiger partial charge in [-0.3, -0.25) is 10.0 Å². The van der Waals surface area contributed by atoms with E-state index in [0.29, 0.717) is 48.8 Å². The van der Waals surface area contributed by atoms with Crippen molar-refractivity contribution in [3.8, 4) is 0 Å². The van der Waals surface area contributed by atoms with Gasteiger partial charge < -0.3 is 20.3 Å². The molecule has 0 spiro atoms. The monoisotopic (exact) mass is 526 g/mol. The van der Waals surface area contributed by atoms with Gasteiger partial charge >= 0.3 is 0 Å². The van der Waals surface area contributed by atoms with Crippen LogP contribution < -0.4 is 21.0 Å². The van der Waals surface area contributed by atoms with Crippen molar-refractivity contribution >= 4 is 56.6 Å². The molecule has 1 unspecified atom stereocenters. The molecule has 1 aliphatic heterocycles. The van der Waals surface area contributed by atoms with Gasteiger partial charge in [0.15, 0.2) is 0 Å². The van der Waals surface area contributed by atoms with E-state index in [1.54, 1.807) is 22.9 Å². The Morgan fingerprint density at radius 2 is 2.11 bits per heavy atom. The van der Waals surface area contributed by atoms with E-state index in [1.807, 2.05) is 36.3 Å². The van der Waals surface area contributed by atoms with Crippen LogP contribution in [0.4, 0.5) is 17.6 Å². The van der Waals surface area contributed by atoms with Gasteiger partial charge in [0.2, 0.25) is 11.9 Å². The predicted octanol–water partition coefficient (Wildman–Crippen LogP) is 3.05. The third-order valence-electron chi connectivity index (χ3n) is 5.77. The van der Waals surface area contributed by atoms with Gasteiger partial charge in [0, 0.05) is 47.1 Å². The molecule has 1 aromatic carbocycles.